The first-order valence-corrected chi connectivity index (χ1v) is 11.6. The van der Waals surface area contributed by atoms with Gasteiger partial charge in [0.25, 0.3) is 5.69 Å². The molecule has 0 atom stereocenters. The number of rotatable bonds is 12. The summed E-state index contributed by atoms with van der Waals surface area (Å²) in [4.78, 5) is 46.4. The van der Waals surface area contributed by atoms with Crippen molar-refractivity contribution in [3.8, 4) is 5.75 Å². The Balaban J connectivity index is 2.65. The lowest BCUT2D eigenvalue weighted by Crippen LogP contribution is -2.26. The van der Waals surface area contributed by atoms with Crippen LogP contribution in [0.1, 0.15) is 20.3 Å². The summed E-state index contributed by atoms with van der Waals surface area (Å²) in [6.07, 6.45) is 0.0964. The molecule has 0 aliphatic carbocycles. The molecule has 2 aromatic rings. The fourth-order valence-corrected chi connectivity index (χ4v) is 3.75. The number of esters is 1. The van der Waals surface area contributed by atoms with E-state index in [1.165, 1.54) is 27.2 Å². The van der Waals surface area contributed by atoms with Crippen molar-refractivity contribution in [2.75, 3.05) is 37.5 Å². The fourth-order valence-electron chi connectivity index (χ4n) is 3.26. The summed E-state index contributed by atoms with van der Waals surface area (Å²) in [6.45, 7) is 10.9. The Morgan fingerprint density at radius 1 is 1.11 bits per heavy atom. The predicted molar refractivity (Wildman–Crippen MR) is 138 cm³/mol. The summed E-state index contributed by atoms with van der Waals surface area (Å²) in [5.74, 6) is -0.537. The maximum absolute atomic E-state index is 11.9. The number of nitrogens with zero attached hydrogens (tertiary/aromatic N) is 6. The number of anilines is 2. The number of nitrogens with one attached hydrogen (secondary N) is 1. The third kappa shape index (κ3) is 7.36. The van der Waals surface area contributed by atoms with E-state index in [0.717, 1.165) is 6.07 Å². The van der Waals surface area contributed by atoms with E-state index in [1.807, 2.05) is 11.8 Å². The summed E-state index contributed by atoms with van der Waals surface area (Å²) < 4.78 is 13.2. The topological polar surface area (TPSA) is 183 Å². The minimum Gasteiger partial charge on any atom is -0.494 e. The van der Waals surface area contributed by atoms with E-state index in [4.69, 9.17) is 16.0 Å². The molecule has 0 saturated carbocycles. The van der Waals surface area contributed by atoms with Gasteiger partial charge < -0.3 is 19.7 Å². The first kappa shape index (κ1) is 29.5. The van der Waals surface area contributed by atoms with Crippen LogP contribution in [-0.2, 0) is 14.3 Å². The van der Waals surface area contributed by atoms with Crippen LogP contribution in [0, 0.1) is 26.8 Å². The van der Waals surface area contributed by atoms with Gasteiger partial charge in [-0.25, -0.2) is 10.8 Å². The number of nitro groups is 2. The van der Waals surface area contributed by atoms with Crippen molar-refractivity contribution < 1.29 is 28.9 Å². The van der Waals surface area contributed by atoms with Gasteiger partial charge in [-0.3, -0.25) is 29.8 Å². The van der Waals surface area contributed by atoms with E-state index in [-0.39, 0.29) is 34.9 Å². The lowest BCUT2D eigenvalue weighted by molar-refractivity contribution is -0.395. The first-order chi connectivity index (χ1) is 18.1. The SMILES string of the molecule is [C-]#[N+]Sc1cc(N=Nc2cc(OC)c(N(CC)CCC(=O)OC)cc2NC(C)=O)c([N+](=O)[O-])cc1[N+](=O)[O-]. The van der Waals surface area contributed by atoms with Crippen LogP contribution >= 0.6 is 11.9 Å². The average molecular weight is 546 g/mol. The highest BCUT2D eigenvalue weighted by molar-refractivity contribution is 8.01. The van der Waals surface area contributed by atoms with Crippen LogP contribution < -0.4 is 15.0 Å². The van der Waals surface area contributed by atoms with Gasteiger partial charge in [0.05, 0.1) is 47.9 Å². The molecule has 0 aromatic heterocycles. The van der Waals surface area contributed by atoms with E-state index in [9.17, 15) is 29.8 Å². The summed E-state index contributed by atoms with van der Waals surface area (Å²) in [7, 11) is 2.69. The molecule has 0 saturated heterocycles. The molecule has 1 N–H and O–H groups in total. The van der Waals surface area contributed by atoms with Crippen LogP contribution in [0.4, 0.5) is 34.1 Å². The second-order valence-electron chi connectivity index (χ2n) is 7.33. The number of methoxy groups -OCH3 is 2. The van der Waals surface area contributed by atoms with Crippen molar-refractivity contribution in [2.45, 2.75) is 25.2 Å². The van der Waals surface area contributed by atoms with Crippen LogP contribution in [0.25, 0.3) is 4.25 Å². The Kier molecular flexibility index (Phi) is 10.5. The molecule has 0 spiro atoms. The largest absolute Gasteiger partial charge is 0.494 e. The molecule has 200 valence electrons. The molecule has 0 heterocycles. The van der Waals surface area contributed by atoms with Crippen molar-refractivity contribution in [1.29, 1.82) is 0 Å². The summed E-state index contributed by atoms with van der Waals surface area (Å²) >= 11 is 0.430. The zero-order valence-electron chi connectivity index (χ0n) is 20.8. The van der Waals surface area contributed by atoms with E-state index >= 15 is 0 Å². The third-order valence-electron chi connectivity index (χ3n) is 5.00. The van der Waals surface area contributed by atoms with Crippen LogP contribution in [0.15, 0.2) is 39.4 Å². The number of carbonyl (C=O) groups excluding carboxylic acids is 2. The Hall–Kier alpha value is -4.78. The first-order valence-electron chi connectivity index (χ1n) is 10.8. The van der Waals surface area contributed by atoms with Gasteiger partial charge in [0.1, 0.15) is 11.4 Å². The van der Waals surface area contributed by atoms with E-state index in [1.54, 1.807) is 6.07 Å². The molecule has 2 aromatic carbocycles. The molecule has 38 heavy (non-hydrogen) atoms. The van der Waals surface area contributed by atoms with Crippen molar-refractivity contribution >= 4 is 57.9 Å². The molecule has 0 bridgehead atoms. The molecule has 0 aliphatic heterocycles. The van der Waals surface area contributed by atoms with Crippen molar-refractivity contribution in [1.82, 2.24) is 0 Å². The van der Waals surface area contributed by atoms with Gasteiger partial charge in [-0.2, -0.15) is 0 Å². The molecule has 0 aliphatic rings. The molecule has 0 radical (unpaired) electrons. The van der Waals surface area contributed by atoms with Crippen LogP contribution in [-0.4, -0.2) is 49.0 Å². The summed E-state index contributed by atoms with van der Waals surface area (Å²) in [6, 6.07) is 4.73. The maximum atomic E-state index is 11.9. The minimum absolute atomic E-state index is 0.0665. The number of hydrogen-bond donors (Lipinski definition) is 1. The molecule has 0 unspecified atom stereocenters. The summed E-state index contributed by atoms with van der Waals surface area (Å²) in [5.41, 5.74) is -0.867. The second-order valence-corrected chi connectivity index (χ2v) is 8.14. The van der Waals surface area contributed by atoms with Gasteiger partial charge in [-0.05, 0) is 13.0 Å². The third-order valence-corrected chi connectivity index (χ3v) is 5.62. The number of ether oxygens (including phenoxy) is 2. The Morgan fingerprint density at radius 3 is 2.29 bits per heavy atom. The normalized spacial score (nSPS) is 10.5. The number of hydrogen-bond acceptors (Lipinski definition) is 12. The van der Waals surface area contributed by atoms with Crippen molar-refractivity contribution in [2.24, 2.45) is 10.2 Å². The molecule has 16 heteroatoms. The lowest BCUT2D eigenvalue weighted by atomic mass is 10.2. The molecule has 15 nitrogen and oxygen atoms in total. The van der Waals surface area contributed by atoms with Crippen molar-refractivity contribution in [3.05, 3.63) is 55.3 Å². The summed E-state index contributed by atoms with van der Waals surface area (Å²) in [5, 5.41) is 33.5. The monoisotopic (exact) mass is 545 g/mol. The number of azo groups is 1. The lowest BCUT2D eigenvalue weighted by Gasteiger charge is -2.25. The molecule has 2 rings (SSSR count). The molecule has 1 amide bonds. The van der Waals surface area contributed by atoms with E-state index in [2.05, 4.69) is 19.8 Å². The van der Waals surface area contributed by atoms with Gasteiger partial charge in [-0.15, -0.1) is 10.2 Å². The number of carbonyl (C=O) groups is 2. The Labute approximate surface area is 221 Å². The molecular weight excluding hydrogens is 522 g/mol. The Morgan fingerprint density at radius 2 is 1.76 bits per heavy atom. The van der Waals surface area contributed by atoms with Gasteiger partial charge in [0.2, 0.25) is 5.91 Å². The van der Waals surface area contributed by atoms with Crippen LogP contribution in [0.3, 0.4) is 0 Å². The second kappa shape index (κ2) is 13.5. The maximum Gasteiger partial charge on any atom is 0.307 e. The highest BCUT2D eigenvalue weighted by Gasteiger charge is 2.27. The quantitative estimate of drug-likeness (QED) is 0.0928. The highest BCUT2D eigenvalue weighted by Crippen LogP contribution is 2.43. The van der Waals surface area contributed by atoms with E-state index < -0.39 is 33.1 Å². The zero-order valence-corrected chi connectivity index (χ0v) is 21.6. The number of amides is 1. The molecule has 0 fully saturated rings. The highest BCUT2D eigenvalue weighted by atomic mass is 32.2. The standard InChI is InChI=1S/C22H23N7O8S/c1-6-27(8-7-22(31)37-5)18-9-14(24-13(2)30)15(10-20(18)36-4)25-26-16-11-21(38-23-3)19(29(34)35)12-17(16)28(32)33/h9-12H,6-8H2,1-2,4-5H3,(H,24,30). The van der Waals surface area contributed by atoms with Gasteiger partial charge in [-0.1, -0.05) is 0 Å². The Bertz CT molecular complexity index is 1330. The van der Waals surface area contributed by atoms with Gasteiger partial charge in [0.15, 0.2) is 10.6 Å². The number of benzene rings is 2. The molecular formula is C22H23N7O8S. The van der Waals surface area contributed by atoms with Gasteiger partial charge >= 0.3 is 23.6 Å². The fraction of sp³-hybridized carbons (Fsp3) is 0.318. The van der Waals surface area contributed by atoms with Crippen LogP contribution in [0.5, 0.6) is 5.75 Å². The predicted octanol–water partition coefficient (Wildman–Crippen LogP) is 5.20. The van der Waals surface area contributed by atoms with Crippen LogP contribution in [0.2, 0.25) is 0 Å². The smallest absolute Gasteiger partial charge is 0.307 e. The average Bonchev–Trinajstić information content (AvgIpc) is 2.87. The minimum atomic E-state index is -0.855. The zero-order chi connectivity index (χ0) is 28.4. The van der Waals surface area contributed by atoms with Crippen molar-refractivity contribution in [3.63, 3.8) is 0 Å². The number of nitro benzene ring substituents is 2. The van der Waals surface area contributed by atoms with E-state index in [0.29, 0.717) is 36.0 Å². The van der Waals surface area contributed by atoms with Gasteiger partial charge in [0, 0.05) is 32.1 Å².